The summed E-state index contributed by atoms with van der Waals surface area (Å²) in [6.45, 7) is 4.21. The predicted octanol–water partition coefficient (Wildman–Crippen LogP) is -0.940. The lowest BCUT2D eigenvalue weighted by Gasteiger charge is -2.16. The molecule has 0 saturated carbocycles. The Morgan fingerprint density at radius 3 is 2.52 bits per heavy atom. The van der Waals surface area contributed by atoms with Crippen LogP contribution in [0.15, 0.2) is 18.2 Å². The smallest absolute Gasteiger partial charge is 0.279 e. The molecule has 0 radical (unpaired) electrons. The maximum Gasteiger partial charge on any atom is 0.279 e. The van der Waals surface area contributed by atoms with Crippen molar-refractivity contribution in [2.45, 2.75) is 26.3 Å². The zero-order chi connectivity index (χ0) is 18.6. The van der Waals surface area contributed by atoms with Crippen molar-refractivity contribution in [3.63, 3.8) is 0 Å². The van der Waals surface area contributed by atoms with Crippen LogP contribution in [0.5, 0.6) is 0 Å². The van der Waals surface area contributed by atoms with Crippen molar-refractivity contribution in [3.8, 4) is 0 Å². The fraction of sp³-hybridized carbons (Fsp3) is 0.529. The van der Waals surface area contributed by atoms with Gasteiger partial charge >= 0.3 is 0 Å². The van der Waals surface area contributed by atoms with Gasteiger partial charge in [-0.3, -0.25) is 9.59 Å². The second-order valence-corrected chi connectivity index (χ2v) is 9.00. The second-order valence-electron chi connectivity index (χ2n) is 6.77. The molecule has 2 amide bonds. The minimum Gasteiger partial charge on any atom is -0.347 e. The van der Waals surface area contributed by atoms with Gasteiger partial charge in [0.1, 0.15) is 0 Å². The quantitative estimate of drug-likeness (QED) is 0.604. The van der Waals surface area contributed by atoms with E-state index in [-0.39, 0.29) is 42.5 Å². The highest BCUT2D eigenvalue weighted by Gasteiger charge is 2.29. The van der Waals surface area contributed by atoms with Gasteiger partial charge in [-0.25, -0.2) is 8.42 Å². The van der Waals surface area contributed by atoms with Crippen LogP contribution in [0.4, 0.5) is 5.69 Å². The SMILES string of the molecule is Cc1cccc(NC(=O)C[NH+](C)CC(=O)N[C@H]2CCS(=O)(=O)C2)c1C. The first-order valence-corrected chi connectivity index (χ1v) is 10.2. The van der Waals surface area contributed by atoms with Gasteiger partial charge in [0.2, 0.25) is 0 Å². The third-order valence-corrected chi connectivity index (χ3v) is 6.17. The summed E-state index contributed by atoms with van der Waals surface area (Å²) < 4.78 is 22.8. The molecule has 1 aliphatic rings. The number of aryl methyl sites for hydroxylation is 1. The summed E-state index contributed by atoms with van der Waals surface area (Å²) in [5.41, 5.74) is 2.90. The van der Waals surface area contributed by atoms with Crippen molar-refractivity contribution in [1.82, 2.24) is 5.32 Å². The Hall–Kier alpha value is -1.93. The van der Waals surface area contributed by atoms with E-state index in [1.807, 2.05) is 32.0 Å². The van der Waals surface area contributed by atoms with Crippen LogP contribution in [-0.4, -0.2) is 57.9 Å². The fourth-order valence-electron chi connectivity index (χ4n) is 2.88. The zero-order valence-electron chi connectivity index (χ0n) is 14.9. The van der Waals surface area contributed by atoms with E-state index < -0.39 is 9.84 Å². The zero-order valence-corrected chi connectivity index (χ0v) is 15.7. The maximum absolute atomic E-state index is 12.2. The van der Waals surface area contributed by atoms with E-state index in [9.17, 15) is 18.0 Å². The molecule has 2 atom stereocenters. The van der Waals surface area contributed by atoms with Crippen molar-refractivity contribution in [2.75, 3.05) is 37.0 Å². The van der Waals surface area contributed by atoms with Gasteiger partial charge in [0.25, 0.3) is 11.8 Å². The highest BCUT2D eigenvalue weighted by atomic mass is 32.2. The number of sulfone groups is 1. The molecule has 3 N–H and O–H groups in total. The molecule has 1 unspecified atom stereocenters. The van der Waals surface area contributed by atoms with Crippen LogP contribution >= 0.6 is 0 Å². The lowest BCUT2D eigenvalue weighted by atomic mass is 10.1. The number of benzene rings is 1. The van der Waals surface area contributed by atoms with Crippen LogP contribution in [0.2, 0.25) is 0 Å². The first-order valence-electron chi connectivity index (χ1n) is 8.33. The van der Waals surface area contributed by atoms with E-state index in [0.717, 1.165) is 21.7 Å². The number of nitrogens with one attached hydrogen (secondary N) is 3. The topological polar surface area (TPSA) is 96.8 Å². The van der Waals surface area contributed by atoms with Gasteiger partial charge in [-0.2, -0.15) is 0 Å². The van der Waals surface area contributed by atoms with Crippen molar-refractivity contribution < 1.29 is 22.9 Å². The lowest BCUT2D eigenvalue weighted by molar-refractivity contribution is -0.862. The summed E-state index contributed by atoms with van der Waals surface area (Å²) in [6.07, 6.45) is 0.459. The Bertz CT molecular complexity index is 761. The van der Waals surface area contributed by atoms with Gasteiger partial charge < -0.3 is 15.5 Å². The first kappa shape index (κ1) is 19.4. The Balaban J connectivity index is 1.79. The van der Waals surface area contributed by atoms with Crippen LogP contribution in [0.1, 0.15) is 17.5 Å². The molecule has 0 aliphatic carbocycles. The number of anilines is 1. The number of amides is 2. The molecular formula is C17H26N3O4S+. The number of likely N-dealkylation sites (N-methyl/N-ethyl adjacent to an activating group) is 1. The maximum atomic E-state index is 12.2. The Morgan fingerprint density at radius 2 is 1.88 bits per heavy atom. The third-order valence-electron chi connectivity index (χ3n) is 4.40. The summed E-state index contributed by atoms with van der Waals surface area (Å²) in [5.74, 6) is -0.273. The normalized spacial score (nSPS) is 20.0. The van der Waals surface area contributed by atoms with E-state index >= 15 is 0 Å². The average Bonchev–Trinajstić information content (AvgIpc) is 2.82. The lowest BCUT2D eigenvalue weighted by Crippen LogP contribution is -3.11. The minimum atomic E-state index is -3.02. The molecule has 1 aliphatic heterocycles. The van der Waals surface area contributed by atoms with E-state index in [1.54, 1.807) is 7.05 Å². The van der Waals surface area contributed by atoms with Crippen LogP contribution in [-0.2, 0) is 19.4 Å². The number of hydrogen-bond acceptors (Lipinski definition) is 4. The van der Waals surface area contributed by atoms with E-state index in [0.29, 0.717) is 6.42 Å². The molecule has 138 valence electrons. The van der Waals surface area contributed by atoms with Crippen LogP contribution in [0.3, 0.4) is 0 Å². The van der Waals surface area contributed by atoms with Crippen molar-refractivity contribution in [2.24, 2.45) is 0 Å². The number of rotatable bonds is 6. The van der Waals surface area contributed by atoms with Crippen molar-refractivity contribution >= 4 is 27.3 Å². The second kappa shape index (κ2) is 7.97. The molecule has 0 bridgehead atoms. The highest BCUT2D eigenvalue weighted by molar-refractivity contribution is 7.91. The molecular weight excluding hydrogens is 342 g/mol. The van der Waals surface area contributed by atoms with Gasteiger partial charge in [0.05, 0.1) is 18.6 Å². The molecule has 1 heterocycles. The third kappa shape index (κ3) is 5.82. The van der Waals surface area contributed by atoms with E-state index in [1.165, 1.54) is 0 Å². The van der Waals surface area contributed by atoms with Gasteiger partial charge in [-0.05, 0) is 37.5 Å². The number of hydrogen-bond donors (Lipinski definition) is 3. The summed E-state index contributed by atoms with van der Waals surface area (Å²) in [5, 5.41) is 5.60. The molecule has 1 aromatic carbocycles. The molecule has 1 saturated heterocycles. The van der Waals surface area contributed by atoms with Crippen LogP contribution < -0.4 is 15.5 Å². The summed E-state index contributed by atoms with van der Waals surface area (Å²) >= 11 is 0. The molecule has 25 heavy (non-hydrogen) atoms. The van der Waals surface area contributed by atoms with E-state index in [2.05, 4.69) is 10.6 Å². The molecule has 0 spiro atoms. The monoisotopic (exact) mass is 368 g/mol. The predicted molar refractivity (Wildman–Crippen MR) is 96.4 cm³/mol. The van der Waals surface area contributed by atoms with Gasteiger partial charge in [-0.15, -0.1) is 0 Å². The Morgan fingerprint density at radius 1 is 1.20 bits per heavy atom. The van der Waals surface area contributed by atoms with Crippen molar-refractivity contribution in [3.05, 3.63) is 29.3 Å². The largest absolute Gasteiger partial charge is 0.347 e. The van der Waals surface area contributed by atoms with Gasteiger partial charge in [0, 0.05) is 11.7 Å². The summed E-state index contributed by atoms with van der Waals surface area (Å²) in [4.78, 5) is 24.9. The first-order chi connectivity index (χ1) is 11.7. The molecule has 1 aromatic rings. The fourth-order valence-corrected chi connectivity index (χ4v) is 4.55. The minimum absolute atomic E-state index is 0.00487. The summed E-state index contributed by atoms with van der Waals surface area (Å²) in [6, 6.07) is 5.41. The number of carbonyl (C=O) groups is 2. The van der Waals surface area contributed by atoms with Gasteiger partial charge in [0.15, 0.2) is 22.9 Å². The van der Waals surface area contributed by atoms with Crippen molar-refractivity contribution in [1.29, 1.82) is 0 Å². The van der Waals surface area contributed by atoms with Gasteiger partial charge in [-0.1, -0.05) is 12.1 Å². The van der Waals surface area contributed by atoms with Crippen LogP contribution in [0, 0.1) is 13.8 Å². The molecule has 1 fully saturated rings. The molecule has 2 rings (SSSR count). The number of carbonyl (C=O) groups excluding carboxylic acids is 2. The standard InChI is InChI=1S/C17H25N3O4S/c1-12-5-4-6-15(13(12)2)19-17(22)10-20(3)9-16(21)18-14-7-8-25(23,24)11-14/h4-6,14H,7-11H2,1-3H3,(H,18,21)(H,19,22)/p+1/t14-/m0/s1. The molecule has 7 nitrogen and oxygen atoms in total. The molecule has 8 heteroatoms. The Kier molecular flexibility index (Phi) is 6.18. The summed E-state index contributed by atoms with van der Waals surface area (Å²) in [7, 11) is -1.26. The molecule has 0 aromatic heterocycles. The van der Waals surface area contributed by atoms with E-state index in [4.69, 9.17) is 0 Å². The number of quaternary nitrogens is 1. The van der Waals surface area contributed by atoms with Crippen LogP contribution in [0.25, 0.3) is 0 Å². The Labute approximate surface area is 148 Å². The highest BCUT2D eigenvalue weighted by Crippen LogP contribution is 2.17. The average molecular weight is 368 g/mol.